The summed E-state index contributed by atoms with van der Waals surface area (Å²) in [5.41, 5.74) is 7.79. The molecule has 1 aromatic carbocycles. The van der Waals surface area contributed by atoms with E-state index in [-0.39, 0.29) is 12.4 Å². The van der Waals surface area contributed by atoms with Crippen molar-refractivity contribution in [2.24, 2.45) is 5.73 Å². The van der Waals surface area contributed by atoms with Gasteiger partial charge in [0.05, 0.1) is 12.1 Å². The number of hydrogen-bond acceptors (Lipinski definition) is 2. The molecular weight excluding hydrogens is 233 g/mol. The predicted molar refractivity (Wildman–Crippen MR) is 66.7 cm³/mol. The second-order valence-corrected chi connectivity index (χ2v) is 3.88. The van der Waals surface area contributed by atoms with E-state index in [0.29, 0.717) is 11.4 Å². The molecule has 0 bridgehead atoms. The van der Waals surface area contributed by atoms with Crippen LogP contribution in [0.25, 0.3) is 0 Å². The Labute approximate surface area is 102 Å². The molecule has 0 aliphatic rings. The van der Waals surface area contributed by atoms with E-state index in [0.717, 1.165) is 11.1 Å². The molecule has 86 valence electrons. The van der Waals surface area contributed by atoms with Crippen molar-refractivity contribution in [3.05, 3.63) is 34.3 Å². The fourth-order valence-corrected chi connectivity index (χ4v) is 1.86. The van der Waals surface area contributed by atoms with Crippen LogP contribution in [0.1, 0.15) is 30.5 Å². The van der Waals surface area contributed by atoms with Gasteiger partial charge >= 0.3 is 0 Å². The summed E-state index contributed by atoms with van der Waals surface area (Å²) in [7, 11) is 0. The third-order valence-corrected chi connectivity index (χ3v) is 2.77. The molecule has 0 fully saturated rings. The highest BCUT2D eigenvalue weighted by molar-refractivity contribution is 6.31. The summed E-state index contributed by atoms with van der Waals surface area (Å²) in [5, 5.41) is 10.3. The molecule has 0 heterocycles. The molecule has 0 aliphatic carbocycles. The Morgan fingerprint density at radius 2 is 2.07 bits per heavy atom. The Morgan fingerprint density at radius 1 is 1.47 bits per heavy atom. The van der Waals surface area contributed by atoms with E-state index >= 15 is 0 Å². The van der Waals surface area contributed by atoms with Gasteiger partial charge < -0.3 is 10.8 Å². The number of rotatable bonds is 3. The highest BCUT2D eigenvalue weighted by Gasteiger charge is 2.19. The first kappa shape index (κ1) is 14.7. The third-order valence-electron chi connectivity index (χ3n) is 2.44. The second kappa shape index (κ2) is 6.33. The zero-order chi connectivity index (χ0) is 10.7. The first-order valence-electron chi connectivity index (χ1n) is 4.76. The largest absolute Gasteiger partial charge is 0.391 e. The Kier molecular flexibility index (Phi) is 6.22. The van der Waals surface area contributed by atoms with E-state index < -0.39 is 12.1 Å². The quantitative estimate of drug-likeness (QED) is 0.866. The van der Waals surface area contributed by atoms with Crippen LogP contribution in [0.15, 0.2) is 18.2 Å². The van der Waals surface area contributed by atoms with Gasteiger partial charge in [-0.2, -0.15) is 0 Å². The molecule has 0 aliphatic heterocycles. The van der Waals surface area contributed by atoms with Gasteiger partial charge in [-0.15, -0.1) is 12.4 Å². The number of aliphatic hydroxyl groups excluding tert-OH is 1. The van der Waals surface area contributed by atoms with Gasteiger partial charge in [-0.3, -0.25) is 0 Å². The lowest BCUT2D eigenvalue weighted by atomic mass is 9.96. The van der Waals surface area contributed by atoms with Gasteiger partial charge in [-0.1, -0.05) is 30.7 Å². The van der Waals surface area contributed by atoms with E-state index in [1.54, 1.807) is 6.07 Å². The van der Waals surface area contributed by atoms with Gasteiger partial charge in [0.1, 0.15) is 0 Å². The molecule has 0 aromatic heterocycles. The number of hydrogen-bond donors (Lipinski definition) is 2. The van der Waals surface area contributed by atoms with E-state index in [9.17, 15) is 5.11 Å². The van der Waals surface area contributed by atoms with Crippen LogP contribution >= 0.6 is 24.0 Å². The first-order chi connectivity index (χ1) is 6.57. The van der Waals surface area contributed by atoms with Crippen molar-refractivity contribution in [2.75, 3.05) is 0 Å². The summed E-state index contributed by atoms with van der Waals surface area (Å²) in [4.78, 5) is 0. The Hall–Kier alpha value is -0.280. The topological polar surface area (TPSA) is 46.2 Å². The minimum atomic E-state index is -0.534. The molecule has 0 unspecified atom stereocenters. The number of aryl methyl sites for hydroxylation is 1. The van der Waals surface area contributed by atoms with Gasteiger partial charge in [-0.05, 0) is 30.5 Å². The number of benzene rings is 1. The maximum Gasteiger partial charge on any atom is 0.0730 e. The average Bonchev–Trinajstić information content (AvgIpc) is 2.16. The minimum absolute atomic E-state index is 0. The Bertz CT molecular complexity index is 297. The molecule has 0 radical (unpaired) electrons. The zero-order valence-corrected chi connectivity index (χ0v) is 10.5. The SMILES string of the molecule is CC[C@H](O)[C@H](N)c1c(C)cccc1Cl.Cl. The second-order valence-electron chi connectivity index (χ2n) is 3.47. The van der Waals surface area contributed by atoms with Gasteiger partial charge in [0.15, 0.2) is 0 Å². The Balaban J connectivity index is 0.00000196. The lowest BCUT2D eigenvalue weighted by molar-refractivity contribution is 0.140. The van der Waals surface area contributed by atoms with Gasteiger partial charge in [0.25, 0.3) is 0 Å². The normalized spacial score (nSPS) is 14.2. The first-order valence-corrected chi connectivity index (χ1v) is 5.14. The molecule has 0 spiro atoms. The predicted octanol–water partition coefficient (Wildman–Crippen LogP) is 2.84. The number of nitrogens with two attached hydrogens (primary N) is 1. The molecule has 1 rings (SSSR count). The highest BCUT2D eigenvalue weighted by atomic mass is 35.5. The standard InChI is InChI=1S/C11H16ClNO.ClH/c1-3-9(14)11(13)10-7(2)5-4-6-8(10)12;/h4-6,9,11,14H,3,13H2,1-2H3;1H/t9-,11-;/m0./s1. The maximum absolute atomic E-state index is 9.65. The summed E-state index contributed by atoms with van der Waals surface area (Å²) >= 11 is 6.03. The van der Waals surface area contributed by atoms with Crippen molar-refractivity contribution in [3.63, 3.8) is 0 Å². The molecular formula is C11H17Cl2NO. The van der Waals surface area contributed by atoms with Gasteiger partial charge in [0, 0.05) is 5.02 Å². The zero-order valence-electron chi connectivity index (χ0n) is 8.90. The molecule has 0 amide bonds. The van der Waals surface area contributed by atoms with Crippen molar-refractivity contribution in [2.45, 2.75) is 32.4 Å². The molecule has 1 aromatic rings. The highest BCUT2D eigenvalue weighted by Crippen LogP contribution is 2.27. The van der Waals surface area contributed by atoms with Crippen LogP contribution in [-0.2, 0) is 0 Å². The van der Waals surface area contributed by atoms with E-state index in [1.165, 1.54) is 0 Å². The molecule has 2 atom stereocenters. The smallest absolute Gasteiger partial charge is 0.0730 e. The number of halogens is 2. The average molecular weight is 250 g/mol. The van der Waals surface area contributed by atoms with Crippen LogP contribution in [-0.4, -0.2) is 11.2 Å². The van der Waals surface area contributed by atoms with Crippen LogP contribution in [0.5, 0.6) is 0 Å². The van der Waals surface area contributed by atoms with Crippen LogP contribution in [0, 0.1) is 6.92 Å². The van der Waals surface area contributed by atoms with Gasteiger partial charge in [0.2, 0.25) is 0 Å². The minimum Gasteiger partial charge on any atom is -0.391 e. The summed E-state index contributed by atoms with van der Waals surface area (Å²) in [6.45, 7) is 3.85. The van der Waals surface area contributed by atoms with E-state index in [4.69, 9.17) is 17.3 Å². The van der Waals surface area contributed by atoms with Crippen molar-refractivity contribution < 1.29 is 5.11 Å². The fourth-order valence-electron chi connectivity index (χ4n) is 1.51. The summed E-state index contributed by atoms with van der Waals surface area (Å²) in [5.74, 6) is 0. The molecule has 0 saturated carbocycles. The van der Waals surface area contributed by atoms with Crippen LogP contribution in [0.2, 0.25) is 5.02 Å². The van der Waals surface area contributed by atoms with E-state index in [1.807, 2.05) is 26.0 Å². The van der Waals surface area contributed by atoms with Crippen molar-refractivity contribution in [1.82, 2.24) is 0 Å². The Morgan fingerprint density at radius 3 is 2.53 bits per heavy atom. The summed E-state index contributed by atoms with van der Waals surface area (Å²) in [6, 6.07) is 5.23. The molecule has 15 heavy (non-hydrogen) atoms. The molecule has 3 N–H and O–H groups in total. The lowest BCUT2D eigenvalue weighted by Gasteiger charge is -2.20. The van der Waals surface area contributed by atoms with Crippen LogP contribution < -0.4 is 5.73 Å². The van der Waals surface area contributed by atoms with Crippen LogP contribution in [0.4, 0.5) is 0 Å². The lowest BCUT2D eigenvalue weighted by Crippen LogP contribution is -2.26. The van der Waals surface area contributed by atoms with E-state index in [2.05, 4.69) is 0 Å². The fraction of sp³-hybridized carbons (Fsp3) is 0.455. The molecule has 2 nitrogen and oxygen atoms in total. The van der Waals surface area contributed by atoms with Crippen LogP contribution in [0.3, 0.4) is 0 Å². The molecule has 0 saturated heterocycles. The van der Waals surface area contributed by atoms with Crippen molar-refractivity contribution in [3.8, 4) is 0 Å². The summed E-state index contributed by atoms with van der Waals surface area (Å²) < 4.78 is 0. The van der Waals surface area contributed by atoms with Crippen molar-refractivity contribution in [1.29, 1.82) is 0 Å². The maximum atomic E-state index is 9.65. The van der Waals surface area contributed by atoms with Crippen molar-refractivity contribution >= 4 is 24.0 Å². The van der Waals surface area contributed by atoms with Gasteiger partial charge in [-0.25, -0.2) is 0 Å². The monoisotopic (exact) mass is 249 g/mol. The number of aliphatic hydroxyl groups is 1. The summed E-state index contributed by atoms with van der Waals surface area (Å²) in [6.07, 6.45) is 0.0971. The molecule has 4 heteroatoms. The third kappa shape index (κ3) is 3.35.